The summed E-state index contributed by atoms with van der Waals surface area (Å²) in [5.74, 6) is -0.0390. The number of hydrogen-bond acceptors (Lipinski definition) is 2. The minimum Gasteiger partial charge on any atom is -0.359 e. The van der Waals surface area contributed by atoms with Crippen LogP contribution in [0.25, 0.3) is 11.6 Å². The van der Waals surface area contributed by atoms with E-state index in [-0.39, 0.29) is 13.3 Å². The maximum atomic E-state index is 12.0. The Kier molecular flexibility index (Phi) is 9.11. The van der Waals surface area contributed by atoms with Crippen molar-refractivity contribution in [1.29, 1.82) is 0 Å². The maximum Gasteiger partial charge on any atom is 0.256 e. The number of aromatic amines is 1. The van der Waals surface area contributed by atoms with Crippen LogP contribution in [0.2, 0.25) is 0 Å². The van der Waals surface area contributed by atoms with Gasteiger partial charge in [-0.3, -0.25) is 4.79 Å². The summed E-state index contributed by atoms with van der Waals surface area (Å²) in [5, 5.41) is 2.87. The lowest BCUT2D eigenvalue weighted by Gasteiger charge is -1.97. The van der Waals surface area contributed by atoms with Gasteiger partial charge in [0, 0.05) is 22.6 Å². The first-order valence-electron chi connectivity index (χ1n) is 7.38. The summed E-state index contributed by atoms with van der Waals surface area (Å²) in [4.78, 5) is 15.2. The molecule has 1 amide bonds. The molecule has 0 radical (unpaired) electrons. The van der Waals surface area contributed by atoms with Gasteiger partial charge in [0.05, 0.1) is 5.57 Å². The standard InChI is InChI=1S/C15H14N2O.C2H6.CH4S.CH4/c1-9-7-10(2)16-14(9)8-12-11-5-3-4-6-13(11)17-15(12)18;2*1-2;/h3-8,16H,1-2H3,(H,17,18);1-2H3;2H,1H3;1H4/b12-8-;;;. The molecule has 2 N–H and O–H groups in total. The highest BCUT2D eigenvalue weighted by atomic mass is 32.1. The zero-order valence-electron chi connectivity index (χ0n) is 13.8. The second kappa shape index (κ2) is 9.95. The van der Waals surface area contributed by atoms with E-state index in [1.165, 1.54) is 0 Å². The van der Waals surface area contributed by atoms with Gasteiger partial charge in [-0.2, -0.15) is 12.6 Å². The Morgan fingerprint density at radius 3 is 2.26 bits per heavy atom. The van der Waals surface area contributed by atoms with E-state index < -0.39 is 0 Å². The number of rotatable bonds is 1. The highest BCUT2D eigenvalue weighted by Gasteiger charge is 2.23. The molecule has 0 aliphatic carbocycles. The normalized spacial score (nSPS) is 13.0. The fourth-order valence-corrected chi connectivity index (χ4v) is 2.33. The third kappa shape index (κ3) is 4.76. The van der Waals surface area contributed by atoms with E-state index >= 15 is 0 Å². The van der Waals surface area contributed by atoms with E-state index in [1.807, 2.05) is 58.0 Å². The van der Waals surface area contributed by atoms with E-state index in [0.717, 1.165) is 33.8 Å². The van der Waals surface area contributed by atoms with Crippen LogP contribution < -0.4 is 5.32 Å². The summed E-state index contributed by atoms with van der Waals surface area (Å²) in [6.07, 6.45) is 3.61. The van der Waals surface area contributed by atoms with Gasteiger partial charge in [-0.15, -0.1) is 0 Å². The second-order valence-electron chi connectivity index (χ2n) is 4.61. The molecule has 0 saturated heterocycles. The average molecular weight is 333 g/mol. The maximum absolute atomic E-state index is 12.0. The van der Waals surface area contributed by atoms with E-state index in [0.29, 0.717) is 0 Å². The van der Waals surface area contributed by atoms with Gasteiger partial charge in [0.1, 0.15) is 0 Å². The molecule has 2 heterocycles. The van der Waals surface area contributed by atoms with Crippen LogP contribution in [0, 0.1) is 13.8 Å². The average Bonchev–Trinajstić information content (AvgIpc) is 3.03. The number of carbonyl (C=O) groups excluding carboxylic acids is 1. The Hall–Kier alpha value is -1.94. The Morgan fingerprint density at radius 2 is 1.70 bits per heavy atom. The minimum atomic E-state index is -0.0390. The fraction of sp³-hybridized carbons (Fsp3) is 0.316. The first-order valence-corrected chi connectivity index (χ1v) is 8.28. The second-order valence-corrected chi connectivity index (χ2v) is 4.61. The lowest BCUT2D eigenvalue weighted by Crippen LogP contribution is -2.03. The molecule has 126 valence electrons. The predicted molar refractivity (Wildman–Crippen MR) is 106 cm³/mol. The van der Waals surface area contributed by atoms with Gasteiger partial charge < -0.3 is 10.3 Å². The number of aryl methyl sites for hydroxylation is 2. The van der Waals surface area contributed by atoms with Gasteiger partial charge in [0.25, 0.3) is 5.91 Å². The largest absolute Gasteiger partial charge is 0.359 e. The van der Waals surface area contributed by atoms with Crippen LogP contribution in [0.1, 0.15) is 43.8 Å². The summed E-state index contributed by atoms with van der Waals surface area (Å²) in [6, 6.07) is 9.82. The molecule has 1 aromatic heterocycles. The zero-order valence-corrected chi connectivity index (χ0v) is 14.7. The van der Waals surface area contributed by atoms with Crippen molar-refractivity contribution in [2.45, 2.75) is 35.1 Å². The van der Waals surface area contributed by atoms with E-state index in [1.54, 1.807) is 6.26 Å². The molecule has 4 heteroatoms. The van der Waals surface area contributed by atoms with E-state index in [4.69, 9.17) is 0 Å². The van der Waals surface area contributed by atoms with Crippen molar-refractivity contribution in [2.75, 3.05) is 11.6 Å². The van der Waals surface area contributed by atoms with Gasteiger partial charge in [0.15, 0.2) is 0 Å². The third-order valence-corrected chi connectivity index (χ3v) is 3.19. The van der Waals surface area contributed by atoms with Crippen molar-refractivity contribution in [3.05, 3.63) is 52.8 Å². The molecular weight excluding hydrogens is 304 g/mol. The summed E-state index contributed by atoms with van der Waals surface area (Å²) in [7, 11) is 0. The molecule has 3 rings (SSSR count). The van der Waals surface area contributed by atoms with Crippen LogP contribution in [0.15, 0.2) is 30.3 Å². The first-order chi connectivity index (χ1) is 10.6. The van der Waals surface area contributed by atoms with Gasteiger partial charge in [-0.25, -0.2) is 0 Å². The van der Waals surface area contributed by atoms with Crippen LogP contribution in [-0.2, 0) is 4.79 Å². The molecule has 0 bridgehead atoms. The highest BCUT2D eigenvalue weighted by molar-refractivity contribution is 7.79. The van der Waals surface area contributed by atoms with Crippen molar-refractivity contribution >= 4 is 35.9 Å². The fourth-order valence-electron chi connectivity index (χ4n) is 2.33. The minimum absolute atomic E-state index is 0. The molecule has 0 saturated carbocycles. The highest BCUT2D eigenvalue weighted by Crippen LogP contribution is 2.32. The number of thiol groups is 1. The summed E-state index contributed by atoms with van der Waals surface area (Å²) in [5.41, 5.74) is 5.82. The molecule has 2 aromatic rings. The molecule has 0 spiro atoms. The Balaban J connectivity index is 0.000000901. The van der Waals surface area contributed by atoms with Crippen LogP contribution in [0.4, 0.5) is 5.69 Å². The number of para-hydroxylation sites is 1. The number of amides is 1. The predicted octanol–water partition coefficient (Wildman–Crippen LogP) is 5.33. The van der Waals surface area contributed by atoms with Crippen molar-refractivity contribution in [2.24, 2.45) is 0 Å². The topological polar surface area (TPSA) is 44.9 Å². The smallest absolute Gasteiger partial charge is 0.256 e. The van der Waals surface area contributed by atoms with Crippen LogP contribution in [0.5, 0.6) is 0 Å². The van der Waals surface area contributed by atoms with Crippen LogP contribution in [0.3, 0.4) is 0 Å². The summed E-state index contributed by atoms with van der Waals surface area (Å²) < 4.78 is 0. The number of nitrogens with one attached hydrogen (secondary N) is 2. The van der Waals surface area contributed by atoms with Gasteiger partial charge in [0.2, 0.25) is 0 Å². The molecule has 1 aromatic carbocycles. The molecule has 0 fully saturated rings. The van der Waals surface area contributed by atoms with Crippen molar-refractivity contribution in [3.63, 3.8) is 0 Å². The van der Waals surface area contributed by atoms with Crippen molar-refractivity contribution in [1.82, 2.24) is 4.98 Å². The first kappa shape index (κ1) is 21.1. The zero-order chi connectivity index (χ0) is 16.7. The molecule has 0 unspecified atom stereocenters. The van der Waals surface area contributed by atoms with Gasteiger partial charge in [-0.05, 0) is 43.9 Å². The molecule has 1 aliphatic rings. The quantitative estimate of drug-likeness (QED) is 0.479. The van der Waals surface area contributed by atoms with Crippen LogP contribution in [-0.4, -0.2) is 17.1 Å². The van der Waals surface area contributed by atoms with Crippen LogP contribution >= 0.6 is 12.6 Å². The van der Waals surface area contributed by atoms with E-state index in [2.05, 4.69) is 29.0 Å². The molecular formula is C19H28N2OS. The molecule has 0 atom stereocenters. The lowest BCUT2D eigenvalue weighted by atomic mass is 10.1. The SMILES string of the molecule is C.CC.CS.Cc1cc(C)c(/C=C2\C(=O)Nc3ccccc32)[nH]1. The number of benzene rings is 1. The number of anilines is 1. The number of carbonyl (C=O) groups is 1. The molecule has 1 aliphatic heterocycles. The Bertz CT molecular complexity index is 672. The Morgan fingerprint density at radius 1 is 1.09 bits per heavy atom. The Labute approximate surface area is 145 Å². The van der Waals surface area contributed by atoms with Crippen molar-refractivity contribution < 1.29 is 4.79 Å². The van der Waals surface area contributed by atoms with Gasteiger partial charge in [-0.1, -0.05) is 39.5 Å². The summed E-state index contributed by atoms with van der Waals surface area (Å²) in [6.45, 7) is 8.05. The number of aromatic nitrogens is 1. The molecule has 3 nitrogen and oxygen atoms in total. The number of hydrogen-bond donors (Lipinski definition) is 3. The van der Waals surface area contributed by atoms with Gasteiger partial charge >= 0.3 is 0 Å². The van der Waals surface area contributed by atoms with Crippen molar-refractivity contribution in [3.8, 4) is 0 Å². The lowest BCUT2D eigenvalue weighted by molar-refractivity contribution is -0.110. The molecule has 23 heavy (non-hydrogen) atoms. The summed E-state index contributed by atoms with van der Waals surface area (Å²) >= 11 is 3.53. The number of fused-ring (bicyclic) bond motifs is 1. The monoisotopic (exact) mass is 332 g/mol. The number of H-pyrrole nitrogens is 1. The van der Waals surface area contributed by atoms with E-state index in [9.17, 15) is 4.79 Å². The third-order valence-electron chi connectivity index (χ3n) is 3.19.